The molecule has 0 radical (unpaired) electrons. The minimum atomic E-state index is -3.39. The van der Waals surface area contributed by atoms with Crippen LogP contribution in [0.3, 0.4) is 0 Å². The Bertz CT molecular complexity index is 1040. The van der Waals surface area contributed by atoms with Crippen molar-refractivity contribution in [1.29, 1.82) is 0 Å². The first-order valence-corrected chi connectivity index (χ1v) is 10.7. The number of nitrogens with zero attached hydrogens (tertiary/aromatic N) is 1. The number of amides is 1. The maximum Gasteiger partial charge on any atom is 0.259 e. The van der Waals surface area contributed by atoms with Gasteiger partial charge in [0, 0.05) is 21.7 Å². The summed E-state index contributed by atoms with van der Waals surface area (Å²) >= 11 is 6.11. The molecule has 2 aromatic rings. The van der Waals surface area contributed by atoms with Crippen LogP contribution in [0.5, 0.6) is 17.2 Å². The monoisotopic (exact) mass is 437 g/mol. The van der Waals surface area contributed by atoms with Crippen LogP contribution < -0.4 is 19.1 Å². The van der Waals surface area contributed by atoms with Crippen molar-refractivity contribution in [2.75, 3.05) is 32.0 Å². The third-order valence-electron chi connectivity index (χ3n) is 4.46. The number of hydrogen-bond acceptors (Lipinski definition) is 6. The van der Waals surface area contributed by atoms with E-state index in [1.807, 2.05) is 0 Å². The molecule has 0 unspecified atom stereocenters. The van der Waals surface area contributed by atoms with E-state index in [1.54, 1.807) is 24.3 Å². The average molecular weight is 438 g/mol. The van der Waals surface area contributed by atoms with Crippen molar-refractivity contribution in [3.63, 3.8) is 0 Å². The molecule has 0 bridgehead atoms. The van der Waals surface area contributed by atoms with E-state index in [0.29, 0.717) is 28.0 Å². The third-order valence-corrected chi connectivity index (χ3v) is 6.07. The van der Waals surface area contributed by atoms with Crippen LogP contribution in [0.2, 0.25) is 5.02 Å². The van der Waals surface area contributed by atoms with Gasteiger partial charge in [-0.2, -0.15) is 0 Å². The summed E-state index contributed by atoms with van der Waals surface area (Å²) in [5.74, 6) is 0.337. The molecule has 29 heavy (non-hydrogen) atoms. The van der Waals surface area contributed by atoms with E-state index < -0.39 is 21.8 Å². The Hall–Kier alpha value is -2.71. The first-order chi connectivity index (χ1) is 13.8. The second-order valence-electron chi connectivity index (χ2n) is 6.29. The molecule has 3 rings (SSSR count). The molecular weight excluding hydrogens is 418 g/mol. The van der Waals surface area contributed by atoms with E-state index in [1.165, 1.54) is 44.4 Å². The molecule has 0 spiro atoms. The van der Waals surface area contributed by atoms with Gasteiger partial charge in [0.25, 0.3) is 5.91 Å². The summed E-state index contributed by atoms with van der Waals surface area (Å²) < 4.78 is 39.9. The van der Waals surface area contributed by atoms with Crippen LogP contribution in [0, 0.1) is 0 Å². The second-order valence-corrected chi connectivity index (χ2v) is 8.66. The molecule has 1 aliphatic rings. The summed E-state index contributed by atoms with van der Waals surface area (Å²) in [5, 5.41) is 1.55. The summed E-state index contributed by atoms with van der Waals surface area (Å²) in [4.78, 5) is 14.9. The lowest BCUT2D eigenvalue weighted by molar-refractivity contribution is 0.0982. The molecule has 0 N–H and O–H groups in total. The number of ether oxygens (including phenoxy) is 3. The SMILES string of the molecule is COc1cc(C(=O)N(c2cccc(Cl)c2)[C@@H]2C=CS(=O)(=O)C2)cc(OC)c1OC. The number of carbonyl (C=O) groups excluding carboxylic acids is 1. The zero-order chi connectivity index (χ0) is 21.2. The van der Waals surface area contributed by atoms with E-state index in [4.69, 9.17) is 25.8 Å². The Morgan fingerprint density at radius 2 is 1.72 bits per heavy atom. The number of rotatable bonds is 6. The van der Waals surface area contributed by atoms with Crippen molar-refractivity contribution in [3.8, 4) is 17.2 Å². The van der Waals surface area contributed by atoms with E-state index in [9.17, 15) is 13.2 Å². The topological polar surface area (TPSA) is 82.1 Å². The van der Waals surface area contributed by atoms with Gasteiger partial charge in [-0.15, -0.1) is 0 Å². The largest absolute Gasteiger partial charge is 0.493 e. The molecule has 0 aromatic heterocycles. The Morgan fingerprint density at radius 3 is 2.21 bits per heavy atom. The minimum absolute atomic E-state index is 0.213. The van der Waals surface area contributed by atoms with Crippen molar-refractivity contribution in [3.05, 3.63) is 58.5 Å². The summed E-state index contributed by atoms with van der Waals surface area (Å²) in [5.41, 5.74) is 0.722. The highest BCUT2D eigenvalue weighted by Gasteiger charge is 2.33. The van der Waals surface area contributed by atoms with Gasteiger partial charge in [-0.1, -0.05) is 17.7 Å². The van der Waals surface area contributed by atoms with Gasteiger partial charge < -0.3 is 19.1 Å². The summed E-state index contributed by atoms with van der Waals surface area (Å²) in [7, 11) is 0.981. The zero-order valence-electron chi connectivity index (χ0n) is 16.1. The number of carbonyl (C=O) groups is 1. The molecule has 1 atom stereocenters. The van der Waals surface area contributed by atoms with E-state index in [0.717, 1.165) is 5.41 Å². The van der Waals surface area contributed by atoms with Crippen molar-refractivity contribution in [1.82, 2.24) is 0 Å². The van der Waals surface area contributed by atoms with Crippen molar-refractivity contribution in [2.24, 2.45) is 0 Å². The van der Waals surface area contributed by atoms with Crippen LogP contribution >= 0.6 is 11.6 Å². The van der Waals surface area contributed by atoms with Crippen molar-refractivity contribution in [2.45, 2.75) is 6.04 Å². The van der Waals surface area contributed by atoms with Crippen molar-refractivity contribution < 1.29 is 27.4 Å². The molecule has 7 nitrogen and oxygen atoms in total. The maximum absolute atomic E-state index is 13.5. The lowest BCUT2D eigenvalue weighted by Crippen LogP contribution is -2.41. The predicted molar refractivity (Wildman–Crippen MR) is 111 cm³/mol. The molecule has 1 amide bonds. The summed E-state index contributed by atoms with van der Waals surface area (Å²) in [6, 6.07) is 9.04. The molecule has 154 valence electrons. The number of methoxy groups -OCH3 is 3. The van der Waals surface area contributed by atoms with Gasteiger partial charge in [0.2, 0.25) is 5.75 Å². The fourth-order valence-corrected chi connectivity index (χ4v) is 4.60. The van der Waals surface area contributed by atoms with Gasteiger partial charge in [-0.05, 0) is 36.4 Å². The molecule has 2 aromatic carbocycles. The van der Waals surface area contributed by atoms with Crippen LogP contribution in [0.4, 0.5) is 5.69 Å². The fraction of sp³-hybridized carbons (Fsp3) is 0.250. The lowest BCUT2D eigenvalue weighted by atomic mass is 10.1. The normalized spacial score (nSPS) is 17.0. The van der Waals surface area contributed by atoms with E-state index >= 15 is 0 Å². The molecule has 0 saturated carbocycles. The van der Waals surface area contributed by atoms with Crippen LogP contribution in [-0.4, -0.2) is 47.4 Å². The highest BCUT2D eigenvalue weighted by Crippen LogP contribution is 2.39. The fourth-order valence-electron chi connectivity index (χ4n) is 3.15. The molecule has 9 heteroatoms. The highest BCUT2D eigenvalue weighted by molar-refractivity contribution is 7.94. The van der Waals surface area contributed by atoms with E-state index in [-0.39, 0.29) is 11.3 Å². The predicted octanol–water partition coefficient (Wildman–Crippen LogP) is 3.32. The first-order valence-electron chi connectivity index (χ1n) is 8.59. The van der Waals surface area contributed by atoms with Crippen LogP contribution in [-0.2, 0) is 9.84 Å². The van der Waals surface area contributed by atoms with Gasteiger partial charge >= 0.3 is 0 Å². The van der Waals surface area contributed by atoms with Gasteiger partial charge in [-0.25, -0.2) is 8.42 Å². The highest BCUT2D eigenvalue weighted by atomic mass is 35.5. The Labute approximate surface area is 174 Å². The standard InChI is InChI=1S/C20H20ClNO6S/c1-26-17-9-13(10-18(27-2)19(17)28-3)20(23)22(15-6-4-5-14(21)11-15)16-7-8-29(24,25)12-16/h4-11,16H,12H2,1-3H3/t16-/m1/s1. The number of halogens is 1. The van der Waals surface area contributed by atoms with Crippen molar-refractivity contribution >= 4 is 33.0 Å². The zero-order valence-corrected chi connectivity index (χ0v) is 17.7. The van der Waals surface area contributed by atoms with E-state index in [2.05, 4.69) is 0 Å². The Kier molecular flexibility index (Phi) is 6.04. The number of hydrogen-bond donors (Lipinski definition) is 0. The van der Waals surface area contributed by atoms with Gasteiger partial charge in [0.05, 0.1) is 33.1 Å². The van der Waals surface area contributed by atoms with Gasteiger partial charge in [-0.3, -0.25) is 4.79 Å². The third kappa shape index (κ3) is 4.33. The number of sulfone groups is 1. The smallest absolute Gasteiger partial charge is 0.259 e. The minimum Gasteiger partial charge on any atom is -0.493 e. The van der Waals surface area contributed by atoms with Crippen LogP contribution in [0.1, 0.15) is 10.4 Å². The van der Waals surface area contributed by atoms with Crippen LogP contribution in [0.15, 0.2) is 47.9 Å². The van der Waals surface area contributed by atoms with Crippen LogP contribution in [0.25, 0.3) is 0 Å². The number of anilines is 1. The average Bonchev–Trinajstić information content (AvgIpc) is 3.06. The Balaban J connectivity index is 2.11. The first kappa shape index (κ1) is 21.0. The molecule has 1 aliphatic heterocycles. The quantitative estimate of drug-likeness (QED) is 0.689. The molecule has 1 heterocycles. The second kappa shape index (κ2) is 8.34. The lowest BCUT2D eigenvalue weighted by Gasteiger charge is -2.28. The Morgan fingerprint density at radius 1 is 1.07 bits per heavy atom. The molecule has 0 fully saturated rings. The number of benzene rings is 2. The van der Waals surface area contributed by atoms with Gasteiger partial charge in [0.15, 0.2) is 21.3 Å². The maximum atomic E-state index is 13.5. The summed E-state index contributed by atoms with van der Waals surface area (Å²) in [6.07, 6.45) is 1.49. The van der Waals surface area contributed by atoms with Gasteiger partial charge in [0.1, 0.15) is 0 Å². The molecule has 0 saturated heterocycles. The molecule has 0 aliphatic carbocycles. The summed E-state index contributed by atoms with van der Waals surface area (Å²) in [6.45, 7) is 0. The molecular formula is C20H20ClNO6S.